The zero-order chi connectivity index (χ0) is 32.0. The van der Waals surface area contributed by atoms with Gasteiger partial charge < -0.3 is 15.7 Å². The number of nitrogens with zero attached hydrogens (tertiary/aromatic N) is 6. The highest BCUT2D eigenvalue weighted by molar-refractivity contribution is 5.84. The summed E-state index contributed by atoms with van der Waals surface area (Å²) in [5.41, 5.74) is 14.3. The van der Waals surface area contributed by atoms with Crippen LogP contribution in [0.1, 0.15) is 28.8 Å². The Balaban J connectivity index is 1.05. The van der Waals surface area contributed by atoms with Crippen LogP contribution in [0.15, 0.2) is 103 Å². The number of hydrogen-bond acceptors (Lipinski definition) is 8. The van der Waals surface area contributed by atoms with E-state index in [2.05, 4.69) is 55.7 Å². The van der Waals surface area contributed by atoms with Crippen molar-refractivity contribution in [3.8, 4) is 34.1 Å². The lowest BCUT2D eigenvalue weighted by molar-refractivity contribution is 0.112. The largest absolute Gasteiger partial charge is 0.507 e. The van der Waals surface area contributed by atoms with Gasteiger partial charge in [-0.25, -0.2) is 15.0 Å². The van der Waals surface area contributed by atoms with Crippen LogP contribution >= 0.6 is 0 Å². The molecule has 0 radical (unpaired) electrons. The molecule has 2 aliphatic heterocycles. The van der Waals surface area contributed by atoms with Crippen LogP contribution in [0.3, 0.4) is 0 Å². The van der Waals surface area contributed by atoms with Crippen molar-refractivity contribution >= 4 is 29.0 Å². The molecule has 9 heteroatoms. The number of fused-ring (bicyclic) bond motifs is 1. The average Bonchev–Trinajstić information content (AvgIpc) is 3.82. The minimum Gasteiger partial charge on any atom is -0.507 e. The van der Waals surface area contributed by atoms with Gasteiger partial charge in [0.25, 0.3) is 0 Å². The Morgan fingerprint density at radius 3 is 2.45 bits per heavy atom. The van der Waals surface area contributed by atoms with E-state index in [9.17, 15) is 9.90 Å². The highest BCUT2D eigenvalue weighted by Gasteiger charge is 2.43. The van der Waals surface area contributed by atoms with Crippen molar-refractivity contribution < 1.29 is 9.90 Å². The van der Waals surface area contributed by atoms with Gasteiger partial charge in [-0.15, -0.1) is 0 Å². The maximum atomic E-state index is 11.1. The number of aromatic hydroxyl groups is 1. The van der Waals surface area contributed by atoms with Crippen molar-refractivity contribution in [3.63, 3.8) is 0 Å². The quantitative estimate of drug-likeness (QED) is 0.198. The molecule has 2 aliphatic rings. The number of benzene rings is 3. The summed E-state index contributed by atoms with van der Waals surface area (Å²) in [5, 5.41) is 10.2. The molecular weight excluding hydrogens is 586 g/mol. The van der Waals surface area contributed by atoms with Crippen LogP contribution in [-0.4, -0.2) is 62.0 Å². The molecular formula is C38H35N7O2. The Kier molecular flexibility index (Phi) is 7.18. The minimum atomic E-state index is 0.0436. The van der Waals surface area contributed by atoms with Gasteiger partial charge in [-0.3, -0.25) is 14.3 Å². The van der Waals surface area contributed by atoms with Gasteiger partial charge in [0.15, 0.2) is 17.8 Å². The number of hydrogen-bond donors (Lipinski definition) is 2. The molecule has 0 bridgehead atoms. The van der Waals surface area contributed by atoms with Crippen molar-refractivity contribution in [3.05, 3.63) is 114 Å². The van der Waals surface area contributed by atoms with Crippen LogP contribution in [0.5, 0.6) is 5.75 Å². The van der Waals surface area contributed by atoms with Gasteiger partial charge in [-0.1, -0.05) is 42.5 Å². The monoisotopic (exact) mass is 621 g/mol. The fraction of sp³-hybridized carbons (Fsp3) is 0.211. The number of aldehydes is 1. The lowest BCUT2D eigenvalue weighted by Gasteiger charge is -2.26. The van der Waals surface area contributed by atoms with Crippen molar-refractivity contribution in [2.75, 3.05) is 36.8 Å². The van der Waals surface area contributed by atoms with Crippen molar-refractivity contribution in [1.82, 2.24) is 24.4 Å². The highest BCUT2D eigenvalue weighted by Crippen LogP contribution is 2.42. The normalized spacial score (nSPS) is 18.0. The fourth-order valence-corrected chi connectivity index (χ4v) is 7.25. The molecule has 47 heavy (non-hydrogen) atoms. The number of rotatable bonds is 7. The topological polar surface area (TPSA) is 113 Å². The second-order valence-electron chi connectivity index (χ2n) is 12.8. The molecule has 1 spiro atoms. The van der Waals surface area contributed by atoms with E-state index in [-0.39, 0.29) is 11.2 Å². The molecule has 5 heterocycles. The molecule has 0 aliphatic carbocycles. The number of imidazole rings is 1. The van der Waals surface area contributed by atoms with Crippen LogP contribution < -0.4 is 10.6 Å². The van der Waals surface area contributed by atoms with E-state index < -0.39 is 0 Å². The number of likely N-dealkylation sites (tertiary alicyclic amines) is 1. The first-order chi connectivity index (χ1) is 23.0. The first-order valence-corrected chi connectivity index (χ1v) is 16.0. The molecule has 3 aromatic carbocycles. The predicted octanol–water partition coefficient (Wildman–Crippen LogP) is 6.35. The van der Waals surface area contributed by atoms with Gasteiger partial charge in [0.1, 0.15) is 17.1 Å². The summed E-state index contributed by atoms with van der Waals surface area (Å²) < 4.78 is 2.08. The summed E-state index contributed by atoms with van der Waals surface area (Å²) >= 11 is 0. The third-order valence-electron chi connectivity index (χ3n) is 9.72. The van der Waals surface area contributed by atoms with Crippen molar-refractivity contribution in [2.24, 2.45) is 5.41 Å². The summed E-state index contributed by atoms with van der Waals surface area (Å²) in [6.07, 6.45) is 4.64. The van der Waals surface area contributed by atoms with E-state index in [1.165, 1.54) is 5.56 Å². The molecule has 3 aromatic heterocycles. The standard InChI is InChI=1S/C38H35N7O2/c39-35-31(7-4-18-40-35)36-42-33-15-14-32(27-5-2-1-3-6-27)41-37(33)45(36)29-11-8-26(9-12-29)22-43-19-16-38(24-43)17-20-44(25-38)30-13-10-28(23-46)34(47)21-30/h1-15,18,21,23,47H,16-17,19-20,22,24-25H2,(H2,39,40). The minimum absolute atomic E-state index is 0.0436. The Labute approximate surface area is 273 Å². The number of aromatic nitrogens is 4. The average molecular weight is 622 g/mol. The van der Waals surface area contributed by atoms with E-state index in [1.807, 2.05) is 48.5 Å². The van der Waals surface area contributed by atoms with Crippen molar-refractivity contribution in [1.29, 1.82) is 0 Å². The van der Waals surface area contributed by atoms with E-state index in [0.717, 1.165) is 84.9 Å². The number of anilines is 2. The Morgan fingerprint density at radius 1 is 0.851 bits per heavy atom. The SMILES string of the molecule is Nc1ncccc1-c1nc2ccc(-c3ccccc3)nc2n1-c1ccc(CN2CCC3(CCN(c4ccc(C=O)c(O)c4)C3)C2)cc1. The molecule has 2 saturated heterocycles. The molecule has 2 fully saturated rings. The first-order valence-electron chi connectivity index (χ1n) is 16.0. The number of carbonyl (C=O) groups is 1. The zero-order valence-electron chi connectivity index (χ0n) is 26.0. The van der Waals surface area contributed by atoms with Crippen LogP contribution in [0.4, 0.5) is 11.5 Å². The lowest BCUT2D eigenvalue weighted by Crippen LogP contribution is -2.30. The van der Waals surface area contributed by atoms with E-state index in [4.69, 9.17) is 15.7 Å². The number of phenols is 1. The summed E-state index contributed by atoms with van der Waals surface area (Å²) in [4.78, 5) is 30.4. The molecule has 1 unspecified atom stereocenters. The van der Waals surface area contributed by atoms with Gasteiger partial charge in [0.2, 0.25) is 0 Å². The smallest absolute Gasteiger partial charge is 0.165 e. The summed E-state index contributed by atoms with van der Waals surface area (Å²) in [5.74, 6) is 1.17. The number of pyridine rings is 2. The molecule has 1 atom stereocenters. The molecule has 6 aromatic rings. The number of nitrogen functional groups attached to an aromatic ring is 1. The molecule has 0 saturated carbocycles. The predicted molar refractivity (Wildman–Crippen MR) is 185 cm³/mol. The van der Waals surface area contributed by atoms with Crippen molar-refractivity contribution in [2.45, 2.75) is 19.4 Å². The maximum absolute atomic E-state index is 11.1. The van der Waals surface area contributed by atoms with Crippen LogP contribution in [0.2, 0.25) is 0 Å². The van der Waals surface area contributed by atoms with Gasteiger partial charge in [0.05, 0.1) is 16.8 Å². The fourth-order valence-electron chi connectivity index (χ4n) is 7.25. The third-order valence-corrected chi connectivity index (χ3v) is 9.72. The second-order valence-corrected chi connectivity index (χ2v) is 12.8. The summed E-state index contributed by atoms with van der Waals surface area (Å²) in [7, 11) is 0. The van der Waals surface area contributed by atoms with E-state index in [0.29, 0.717) is 23.5 Å². The Morgan fingerprint density at radius 2 is 1.66 bits per heavy atom. The summed E-state index contributed by atoms with van der Waals surface area (Å²) in [6, 6.07) is 32.0. The third kappa shape index (κ3) is 5.38. The Hall–Kier alpha value is -5.54. The van der Waals surface area contributed by atoms with Crippen LogP contribution in [0.25, 0.3) is 39.5 Å². The first kappa shape index (κ1) is 28.9. The van der Waals surface area contributed by atoms with Crippen LogP contribution in [0, 0.1) is 5.41 Å². The second kappa shape index (κ2) is 11.7. The van der Waals surface area contributed by atoms with Gasteiger partial charge in [0, 0.05) is 60.8 Å². The maximum Gasteiger partial charge on any atom is 0.165 e. The van der Waals surface area contributed by atoms with Gasteiger partial charge in [-0.2, -0.15) is 0 Å². The number of carbonyl (C=O) groups excluding carboxylic acids is 1. The van der Waals surface area contributed by atoms with E-state index in [1.54, 1.807) is 18.3 Å². The molecule has 3 N–H and O–H groups in total. The lowest BCUT2D eigenvalue weighted by atomic mass is 9.86. The molecule has 9 nitrogen and oxygen atoms in total. The number of phenolic OH excluding ortho intramolecular Hbond substituents is 1. The number of nitrogens with two attached hydrogens (primary N) is 1. The zero-order valence-corrected chi connectivity index (χ0v) is 26.0. The Bertz CT molecular complexity index is 2090. The van der Waals surface area contributed by atoms with Gasteiger partial charge >= 0.3 is 0 Å². The summed E-state index contributed by atoms with van der Waals surface area (Å²) in [6.45, 7) is 4.86. The molecule has 0 amide bonds. The van der Waals surface area contributed by atoms with Gasteiger partial charge in [-0.05, 0) is 73.5 Å². The van der Waals surface area contributed by atoms with E-state index >= 15 is 0 Å². The molecule has 8 rings (SSSR count). The molecule has 234 valence electrons. The highest BCUT2D eigenvalue weighted by atomic mass is 16.3. The van der Waals surface area contributed by atoms with Crippen LogP contribution in [-0.2, 0) is 6.54 Å².